The Labute approximate surface area is 123 Å². The molecule has 4 heteroatoms. The molecule has 20 heavy (non-hydrogen) atoms. The van der Waals surface area contributed by atoms with Crippen LogP contribution in [0.3, 0.4) is 0 Å². The number of rotatable bonds is 7. The second-order valence-corrected chi connectivity index (χ2v) is 6.63. The molecule has 0 aromatic rings. The zero-order valence-electron chi connectivity index (χ0n) is 13.4. The van der Waals surface area contributed by atoms with Crippen molar-refractivity contribution in [3.8, 4) is 0 Å². The van der Waals surface area contributed by atoms with Gasteiger partial charge in [-0.3, -0.25) is 10.1 Å². The Balaban J connectivity index is 1.90. The molecule has 2 atom stereocenters. The average Bonchev–Trinajstić information content (AvgIpc) is 3.03. The van der Waals surface area contributed by atoms with E-state index in [4.69, 9.17) is 0 Å². The van der Waals surface area contributed by atoms with E-state index in [9.17, 15) is 4.79 Å². The zero-order chi connectivity index (χ0) is 14.5. The standard InChI is InChI=1S/C16H31N3O/c1-4-5-8-14-16(20)19(15(17-14)13(2)3)12-11-18-9-6-7-10-18/h13-15,17H,4-12H2,1-3H3. The van der Waals surface area contributed by atoms with Gasteiger partial charge in [-0.25, -0.2) is 0 Å². The van der Waals surface area contributed by atoms with Crippen molar-refractivity contribution in [1.29, 1.82) is 0 Å². The van der Waals surface area contributed by atoms with Crippen molar-refractivity contribution in [2.45, 2.75) is 65.1 Å². The molecule has 0 spiro atoms. The lowest BCUT2D eigenvalue weighted by molar-refractivity contribution is -0.130. The Hall–Kier alpha value is -0.610. The summed E-state index contributed by atoms with van der Waals surface area (Å²) in [6, 6.07) is 0.0564. The Morgan fingerprint density at radius 3 is 2.55 bits per heavy atom. The molecule has 0 aliphatic carbocycles. The van der Waals surface area contributed by atoms with E-state index in [0.29, 0.717) is 11.8 Å². The van der Waals surface area contributed by atoms with Crippen LogP contribution in [0, 0.1) is 5.92 Å². The van der Waals surface area contributed by atoms with E-state index in [-0.39, 0.29) is 12.2 Å². The minimum absolute atomic E-state index is 0.0564. The first kappa shape index (κ1) is 15.8. The fourth-order valence-corrected chi connectivity index (χ4v) is 3.38. The topological polar surface area (TPSA) is 35.6 Å². The number of carbonyl (C=O) groups excluding carboxylic acids is 1. The first-order valence-electron chi connectivity index (χ1n) is 8.42. The van der Waals surface area contributed by atoms with Crippen LogP contribution in [-0.4, -0.2) is 54.1 Å². The van der Waals surface area contributed by atoms with Crippen LogP contribution in [0.4, 0.5) is 0 Å². The third-order valence-corrected chi connectivity index (χ3v) is 4.62. The largest absolute Gasteiger partial charge is 0.324 e. The van der Waals surface area contributed by atoms with Gasteiger partial charge in [-0.2, -0.15) is 0 Å². The maximum Gasteiger partial charge on any atom is 0.241 e. The first-order chi connectivity index (χ1) is 9.63. The van der Waals surface area contributed by atoms with Gasteiger partial charge in [0.2, 0.25) is 5.91 Å². The van der Waals surface area contributed by atoms with E-state index < -0.39 is 0 Å². The van der Waals surface area contributed by atoms with Gasteiger partial charge in [0.05, 0.1) is 12.2 Å². The van der Waals surface area contributed by atoms with Crippen LogP contribution in [0.5, 0.6) is 0 Å². The molecule has 2 saturated heterocycles. The predicted molar refractivity (Wildman–Crippen MR) is 82.5 cm³/mol. The molecular formula is C16H31N3O. The number of amides is 1. The molecule has 0 radical (unpaired) electrons. The van der Waals surface area contributed by atoms with Crippen molar-refractivity contribution in [2.75, 3.05) is 26.2 Å². The van der Waals surface area contributed by atoms with E-state index in [1.54, 1.807) is 0 Å². The predicted octanol–water partition coefficient (Wildman–Crippen LogP) is 2.05. The molecule has 0 aromatic carbocycles. The number of nitrogens with one attached hydrogen (secondary N) is 1. The molecule has 2 rings (SSSR count). The molecule has 0 bridgehead atoms. The molecular weight excluding hydrogens is 250 g/mol. The third kappa shape index (κ3) is 3.73. The lowest BCUT2D eigenvalue weighted by atomic mass is 10.1. The van der Waals surface area contributed by atoms with Gasteiger partial charge in [-0.05, 0) is 38.3 Å². The van der Waals surface area contributed by atoms with E-state index in [0.717, 1.165) is 32.4 Å². The summed E-state index contributed by atoms with van der Waals surface area (Å²) < 4.78 is 0. The minimum Gasteiger partial charge on any atom is -0.324 e. The average molecular weight is 281 g/mol. The van der Waals surface area contributed by atoms with Gasteiger partial charge in [0.1, 0.15) is 0 Å². The van der Waals surface area contributed by atoms with Crippen molar-refractivity contribution in [3.05, 3.63) is 0 Å². The number of nitrogens with zero attached hydrogens (tertiary/aromatic N) is 2. The van der Waals surface area contributed by atoms with Crippen molar-refractivity contribution in [2.24, 2.45) is 5.92 Å². The summed E-state index contributed by atoms with van der Waals surface area (Å²) in [5.74, 6) is 0.806. The Kier molecular flexibility index (Phi) is 5.85. The molecule has 2 aliphatic rings. The molecule has 0 saturated carbocycles. The second-order valence-electron chi connectivity index (χ2n) is 6.63. The molecule has 2 aliphatic heterocycles. The highest BCUT2D eigenvalue weighted by atomic mass is 16.2. The summed E-state index contributed by atoms with van der Waals surface area (Å²) in [5, 5.41) is 3.56. The van der Waals surface area contributed by atoms with E-state index in [1.165, 1.54) is 25.9 Å². The summed E-state index contributed by atoms with van der Waals surface area (Å²) in [5.41, 5.74) is 0. The monoisotopic (exact) mass is 281 g/mol. The van der Waals surface area contributed by atoms with Crippen LogP contribution in [0.15, 0.2) is 0 Å². The van der Waals surface area contributed by atoms with Gasteiger partial charge in [0, 0.05) is 13.1 Å². The maximum absolute atomic E-state index is 12.6. The van der Waals surface area contributed by atoms with Gasteiger partial charge in [0.25, 0.3) is 0 Å². The molecule has 1 N–H and O–H groups in total. The Morgan fingerprint density at radius 2 is 1.95 bits per heavy atom. The van der Waals surface area contributed by atoms with Crippen molar-refractivity contribution >= 4 is 5.91 Å². The fraction of sp³-hybridized carbons (Fsp3) is 0.938. The molecule has 4 nitrogen and oxygen atoms in total. The van der Waals surface area contributed by atoms with Crippen molar-refractivity contribution < 1.29 is 4.79 Å². The highest BCUT2D eigenvalue weighted by Crippen LogP contribution is 2.21. The lowest BCUT2D eigenvalue weighted by Crippen LogP contribution is -2.44. The quantitative estimate of drug-likeness (QED) is 0.776. The lowest BCUT2D eigenvalue weighted by Gasteiger charge is -2.29. The summed E-state index contributed by atoms with van der Waals surface area (Å²) in [6.07, 6.45) is 6.14. The normalized spacial score (nSPS) is 28.0. The Bertz CT molecular complexity index is 313. The summed E-state index contributed by atoms with van der Waals surface area (Å²) in [6.45, 7) is 10.9. The van der Waals surface area contributed by atoms with Gasteiger partial charge < -0.3 is 9.80 Å². The molecule has 2 fully saturated rings. The van der Waals surface area contributed by atoms with Crippen molar-refractivity contribution in [1.82, 2.24) is 15.1 Å². The van der Waals surface area contributed by atoms with Crippen LogP contribution in [0.25, 0.3) is 0 Å². The number of hydrogen-bond acceptors (Lipinski definition) is 3. The van der Waals surface area contributed by atoms with Crippen LogP contribution in [0.1, 0.15) is 52.9 Å². The van der Waals surface area contributed by atoms with Crippen LogP contribution >= 0.6 is 0 Å². The van der Waals surface area contributed by atoms with Crippen LogP contribution in [0.2, 0.25) is 0 Å². The smallest absolute Gasteiger partial charge is 0.241 e. The minimum atomic E-state index is 0.0564. The first-order valence-corrected chi connectivity index (χ1v) is 8.42. The van der Waals surface area contributed by atoms with Crippen LogP contribution in [-0.2, 0) is 4.79 Å². The van der Waals surface area contributed by atoms with E-state index in [2.05, 4.69) is 35.9 Å². The van der Waals surface area contributed by atoms with Crippen LogP contribution < -0.4 is 5.32 Å². The Morgan fingerprint density at radius 1 is 1.25 bits per heavy atom. The van der Waals surface area contributed by atoms with Gasteiger partial charge >= 0.3 is 0 Å². The van der Waals surface area contributed by atoms with Crippen molar-refractivity contribution in [3.63, 3.8) is 0 Å². The maximum atomic E-state index is 12.6. The van der Waals surface area contributed by atoms with E-state index in [1.807, 2.05) is 0 Å². The van der Waals surface area contributed by atoms with Gasteiger partial charge in [-0.15, -0.1) is 0 Å². The highest BCUT2D eigenvalue weighted by molar-refractivity contribution is 5.84. The highest BCUT2D eigenvalue weighted by Gasteiger charge is 2.39. The molecule has 0 aromatic heterocycles. The number of unbranched alkanes of at least 4 members (excludes halogenated alkanes) is 1. The van der Waals surface area contributed by atoms with Gasteiger partial charge in [-0.1, -0.05) is 33.6 Å². The number of likely N-dealkylation sites (tertiary alicyclic amines) is 1. The van der Waals surface area contributed by atoms with E-state index >= 15 is 0 Å². The number of carbonyl (C=O) groups is 1. The fourth-order valence-electron chi connectivity index (χ4n) is 3.38. The second kappa shape index (κ2) is 7.41. The zero-order valence-corrected chi connectivity index (χ0v) is 13.4. The third-order valence-electron chi connectivity index (χ3n) is 4.62. The molecule has 116 valence electrons. The SMILES string of the molecule is CCCCC1NC(C(C)C)N(CCN2CCCC2)C1=O. The summed E-state index contributed by atoms with van der Waals surface area (Å²) >= 11 is 0. The molecule has 2 unspecified atom stereocenters. The summed E-state index contributed by atoms with van der Waals surface area (Å²) in [4.78, 5) is 17.2. The molecule has 2 heterocycles. The number of hydrogen-bond donors (Lipinski definition) is 1. The van der Waals surface area contributed by atoms with Gasteiger partial charge in [0.15, 0.2) is 0 Å². The summed E-state index contributed by atoms with van der Waals surface area (Å²) in [7, 11) is 0. The molecule has 1 amide bonds.